The standard InChI is InChI=1S/C14H23N3O3S/c15-12-13-4-1-2-5-14(13)21(18,19)16-6-3-7-17-8-10-20-11-9-17/h1-2,4-5,16H,3,6-12,15H2. The van der Waals surface area contributed by atoms with E-state index in [1.165, 1.54) is 0 Å². The van der Waals surface area contributed by atoms with Crippen LogP contribution in [-0.4, -0.2) is 52.7 Å². The number of hydrogen-bond donors (Lipinski definition) is 2. The summed E-state index contributed by atoms with van der Waals surface area (Å²) < 4.78 is 32.5. The maximum absolute atomic E-state index is 12.3. The van der Waals surface area contributed by atoms with Gasteiger partial charge in [0.25, 0.3) is 0 Å². The zero-order chi connectivity index (χ0) is 15.1. The summed E-state index contributed by atoms with van der Waals surface area (Å²) in [5.41, 5.74) is 6.23. The van der Waals surface area contributed by atoms with Crippen LogP contribution in [0.1, 0.15) is 12.0 Å². The topological polar surface area (TPSA) is 84.7 Å². The first-order chi connectivity index (χ1) is 10.1. The third-order valence-electron chi connectivity index (χ3n) is 3.53. The van der Waals surface area contributed by atoms with Crippen molar-refractivity contribution in [2.75, 3.05) is 39.4 Å². The summed E-state index contributed by atoms with van der Waals surface area (Å²) in [6.45, 7) is 4.88. The summed E-state index contributed by atoms with van der Waals surface area (Å²) in [6, 6.07) is 6.83. The Hall–Kier alpha value is -0.990. The minimum Gasteiger partial charge on any atom is -0.379 e. The van der Waals surface area contributed by atoms with E-state index < -0.39 is 10.0 Å². The number of nitrogens with one attached hydrogen (secondary N) is 1. The number of sulfonamides is 1. The van der Waals surface area contributed by atoms with Gasteiger partial charge in [-0.3, -0.25) is 4.90 Å². The second-order valence-electron chi connectivity index (χ2n) is 5.02. The predicted molar refractivity (Wildman–Crippen MR) is 81.4 cm³/mol. The van der Waals surface area contributed by atoms with E-state index in [-0.39, 0.29) is 11.4 Å². The third kappa shape index (κ3) is 4.76. The van der Waals surface area contributed by atoms with Gasteiger partial charge < -0.3 is 10.5 Å². The van der Waals surface area contributed by atoms with Crippen LogP contribution in [0.5, 0.6) is 0 Å². The van der Waals surface area contributed by atoms with Gasteiger partial charge in [0.15, 0.2) is 0 Å². The molecule has 1 saturated heterocycles. The Labute approximate surface area is 126 Å². The summed E-state index contributed by atoms with van der Waals surface area (Å²) >= 11 is 0. The van der Waals surface area contributed by atoms with Crippen LogP contribution in [0.15, 0.2) is 29.2 Å². The van der Waals surface area contributed by atoms with Crippen LogP contribution in [0.25, 0.3) is 0 Å². The van der Waals surface area contributed by atoms with Gasteiger partial charge in [-0.2, -0.15) is 0 Å². The molecule has 0 amide bonds. The zero-order valence-electron chi connectivity index (χ0n) is 12.1. The van der Waals surface area contributed by atoms with Gasteiger partial charge >= 0.3 is 0 Å². The maximum Gasteiger partial charge on any atom is 0.240 e. The van der Waals surface area contributed by atoms with Crippen LogP contribution in [0.4, 0.5) is 0 Å². The number of nitrogens with two attached hydrogens (primary N) is 1. The molecule has 21 heavy (non-hydrogen) atoms. The van der Waals surface area contributed by atoms with Crippen LogP contribution in [-0.2, 0) is 21.3 Å². The number of benzene rings is 1. The molecule has 1 fully saturated rings. The van der Waals surface area contributed by atoms with E-state index in [1.807, 2.05) is 0 Å². The Bertz CT molecular complexity index is 542. The Morgan fingerprint density at radius 1 is 1.24 bits per heavy atom. The second-order valence-corrected chi connectivity index (χ2v) is 6.75. The van der Waals surface area contributed by atoms with Crippen molar-refractivity contribution < 1.29 is 13.2 Å². The number of nitrogens with zero attached hydrogens (tertiary/aromatic N) is 1. The Morgan fingerprint density at radius 2 is 1.95 bits per heavy atom. The van der Waals surface area contributed by atoms with Crippen LogP contribution in [0, 0.1) is 0 Å². The van der Waals surface area contributed by atoms with E-state index in [0.717, 1.165) is 39.3 Å². The summed E-state index contributed by atoms with van der Waals surface area (Å²) in [5, 5.41) is 0. The van der Waals surface area contributed by atoms with Crippen LogP contribution >= 0.6 is 0 Å². The highest BCUT2D eigenvalue weighted by Gasteiger charge is 2.17. The molecule has 1 aliphatic heterocycles. The normalized spacial score (nSPS) is 17.0. The molecule has 0 aromatic heterocycles. The fourth-order valence-corrected chi connectivity index (χ4v) is 3.67. The van der Waals surface area contributed by atoms with Crippen molar-refractivity contribution in [1.82, 2.24) is 9.62 Å². The summed E-state index contributed by atoms with van der Waals surface area (Å²) in [4.78, 5) is 2.56. The minimum absolute atomic E-state index is 0.213. The monoisotopic (exact) mass is 313 g/mol. The molecule has 0 aliphatic carbocycles. The predicted octanol–water partition coefficient (Wildman–Crippen LogP) is 0.146. The van der Waals surface area contributed by atoms with Crippen molar-refractivity contribution in [2.45, 2.75) is 17.9 Å². The van der Waals surface area contributed by atoms with E-state index in [1.54, 1.807) is 24.3 Å². The lowest BCUT2D eigenvalue weighted by atomic mass is 10.2. The number of hydrogen-bond acceptors (Lipinski definition) is 5. The number of morpholine rings is 1. The van der Waals surface area contributed by atoms with Crippen LogP contribution in [0.3, 0.4) is 0 Å². The molecule has 1 aromatic rings. The highest BCUT2D eigenvalue weighted by molar-refractivity contribution is 7.89. The lowest BCUT2D eigenvalue weighted by Crippen LogP contribution is -2.38. The van der Waals surface area contributed by atoms with Gasteiger partial charge in [-0.05, 0) is 24.6 Å². The summed E-state index contributed by atoms with van der Waals surface area (Å²) in [6.07, 6.45) is 0.782. The molecule has 1 heterocycles. The van der Waals surface area contributed by atoms with Gasteiger partial charge in [0.1, 0.15) is 0 Å². The highest BCUT2D eigenvalue weighted by Crippen LogP contribution is 2.14. The van der Waals surface area contributed by atoms with Crippen molar-refractivity contribution in [1.29, 1.82) is 0 Å². The smallest absolute Gasteiger partial charge is 0.240 e. The zero-order valence-corrected chi connectivity index (χ0v) is 12.9. The molecule has 1 aromatic carbocycles. The molecule has 118 valence electrons. The second kappa shape index (κ2) is 7.86. The third-order valence-corrected chi connectivity index (χ3v) is 5.09. The van der Waals surface area contributed by atoms with E-state index in [2.05, 4.69) is 9.62 Å². The Morgan fingerprint density at radius 3 is 2.67 bits per heavy atom. The SMILES string of the molecule is NCc1ccccc1S(=O)(=O)NCCCN1CCOCC1. The van der Waals surface area contributed by atoms with E-state index in [4.69, 9.17) is 10.5 Å². The van der Waals surface area contributed by atoms with Crippen molar-refractivity contribution in [3.05, 3.63) is 29.8 Å². The van der Waals surface area contributed by atoms with Gasteiger partial charge in [-0.25, -0.2) is 13.1 Å². The molecule has 0 radical (unpaired) electrons. The molecule has 0 bridgehead atoms. The summed E-state index contributed by atoms with van der Waals surface area (Å²) in [7, 11) is -3.48. The minimum atomic E-state index is -3.48. The molecule has 0 atom stereocenters. The van der Waals surface area contributed by atoms with Gasteiger partial charge in [-0.15, -0.1) is 0 Å². The fraction of sp³-hybridized carbons (Fsp3) is 0.571. The largest absolute Gasteiger partial charge is 0.379 e. The molecular weight excluding hydrogens is 290 g/mol. The van der Waals surface area contributed by atoms with Crippen LogP contribution < -0.4 is 10.5 Å². The number of ether oxygens (including phenoxy) is 1. The molecule has 3 N–H and O–H groups in total. The molecular formula is C14H23N3O3S. The highest BCUT2D eigenvalue weighted by atomic mass is 32.2. The molecule has 0 saturated carbocycles. The van der Waals surface area contributed by atoms with Gasteiger partial charge in [-0.1, -0.05) is 18.2 Å². The van der Waals surface area contributed by atoms with Crippen LogP contribution in [0.2, 0.25) is 0 Å². The molecule has 6 nitrogen and oxygen atoms in total. The molecule has 2 rings (SSSR count). The average Bonchev–Trinajstić information content (AvgIpc) is 2.52. The molecule has 1 aliphatic rings. The maximum atomic E-state index is 12.3. The van der Waals surface area contributed by atoms with E-state index >= 15 is 0 Å². The quantitative estimate of drug-likeness (QED) is 0.700. The van der Waals surface area contributed by atoms with Gasteiger partial charge in [0.2, 0.25) is 10.0 Å². The molecule has 0 spiro atoms. The Balaban J connectivity index is 1.83. The van der Waals surface area contributed by atoms with Crippen molar-refractivity contribution in [3.63, 3.8) is 0 Å². The van der Waals surface area contributed by atoms with E-state index in [0.29, 0.717) is 12.1 Å². The lowest BCUT2D eigenvalue weighted by Gasteiger charge is -2.26. The number of rotatable bonds is 7. The first kappa shape index (κ1) is 16.4. The average molecular weight is 313 g/mol. The molecule has 0 unspecified atom stereocenters. The fourth-order valence-electron chi connectivity index (χ4n) is 2.35. The van der Waals surface area contributed by atoms with Crippen molar-refractivity contribution in [2.24, 2.45) is 5.73 Å². The van der Waals surface area contributed by atoms with Gasteiger partial charge in [0, 0.05) is 26.2 Å². The summed E-state index contributed by atoms with van der Waals surface area (Å²) in [5.74, 6) is 0. The Kier molecular flexibility index (Phi) is 6.13. The molecule has 7 heteroatoms. The lowest BCUT2D eigenvalue weighted by molar-refractivity contribution is 0.0376. The van der Waals surface area contributed by atoms with Crippen molar-refractivity contribution in [3.8, 4) is 0 Å². The first-order valence-corrected chi connectivity index (χ1v) is 8.69. The van der Waals surface area contributed by atoms with Gasteiger partial charge in [0.05, 0.1) is 18.1 Å². The van der Waals surface area contributed by atoms with Crippen molar-refractivity contribution >= 4 is 10.0 Å². The first-order valence-electron chi connectivity index (χ1n) is 7.21. The van der Waals surface area contributed by atoms with E-state index in [9.17, 15) is 8.42 Å².